The Morgan fingerprint density at radius 3 is 2.75 bits per heavy atom. The summed E-state index contributed by atoms with van der Waals surface area (Å²) in [7, 11) is 0. The molecule has 5 rings (SSSR count). The number of anilines is 1. The van der Waals surface area contributed by atoms with E-state index in [1.54, 1.807) is 0 Å². The summed E-state index contributed by atoms with van der Waals surface area (Å²) in [5, 5.41) is 0. The number of piperidine rings is 1. The lowest BCUT2D eigenvalue weighted by Crippen LogP contribution is -2.44. The number of likely N-dealkylation sites (tertiary alicyclic amines) is 1. The zero-order valence-electron chi connectivity index (χ0n) is 18.7. The van der Waals surface area contributed by atoms with Crippen molar-refractivity contribution in [3.8, 4) is 0 Å². The summed E-state index contributed by atoms with van der Waals surface area (Å²) in [5.41, 5.74) is 3.04. The zero-order valence-corrected chi connectivity index (χ0v) is 18.7. The van der Waals surface area contributed by atoms with Crippen LogP contribution in [0.15, 0.2) is 36.7 Å². The lowest BCUT2D eigenvalue weighted by molar-refractivity contribution is -0.134. The molecule has 1 N–H and O–H groups in total. The van der Waals surface area contributed by atoms with Crippen LogP contribution in [-0.4, -0.2) is 56.9 Å². The summed E-state index contributed by atoms with van der Waals surface area (Å²) >= 11 is 0. The van der Waals surface area contributed by atoms with E-state index in [0.29, 0.717) is 5.91 Å². The molecule has 3 aromatic rings. The molecule has 5 heterocycles. The van der Waals surface area contributed by atoms with Crippen LogP contribution in [0, 0.1) is 5.92 Å². The lowest BCUT2D eigenvalue weighted by Gasteiger charge is -2.34. The van der Waals surface area contributed by atoms with E-state index in [4.69, 9.17) is 9.97 Å². The van der Waals surface area contributed by atoms with Crippen LogP contribution >= 0.6 is 0 Å². The van der Waals surface area contributed by atoms with Gasteiger partial charge in [-0.15, -0.1) is 0 Å². The molecule has 0 spiro atoms. The first-order valence-corrected chi connectivity index (χ1v) is 12.0. The lowest BCUT2D eigenvalue weighted by atomic mass is 9.96. The van der Waals surface area contributed by atoms with Gasteiger partial charge in [0.15, 0.2) is 5.65 Å². The molecule has 0 unspecified atom stereocenters. The van der Waals surface area contributed by atoms with Crippen molar-refractivity contribution in [2.75, 3.05) is 31.1 Å². The maximum Gasteiger partial charge on any atom is 0.227 e. The molecular formula is C25H32N6O. The predicted molar refractivity (Wildman–Crippen MR) is 126 cm³/mol. The van der Waals surface area contributed by atoms with E-state index >= 15 is 0 Å². The zero-order chi connectivity index (χ0) is 21.8. The van der Waals surface area contributed by atoms with Crippen LogP contribution < -0.4 is 4.90 Å². The number of imidazole rings is 1. The molecule has 32 heavy (non-hydrogen) atoms. The van der Waals surface area contributed by atoms with Gasteiger partial charge in [0, 0.05) is 45.0 Å². The number of fused-ring (bicyclic) bond motifs is 1. The second kappa shape index (κ2) is 9.67. The number of hydrogen-bond acceptors (Lipinski definition) is 5. The number of aromatic nitrogens is 4. The minimum atomic E-state index is 0.0916. The molecule has 2 fully saturated rings. The van der Waals surface area contributed by atoms with Crippen molar-refractivity contribution in [1.82, 2.24) is 24.8 Å². The molecule has 0 saturated carbocycles. The number of H-pyrrole nitrogens is 1. The number of aryl methyl sites for hydroxylation is 2. The number of nitrogens with one attached hydrogen (secondary N) is 1. The van der Waals surface area contributed by atoms with Gasteiger partial charge < -0.3 is 14.8 Å². The molecular weight excluding hydrogens is 400 g/mol. The number of carbonyl (C=O) groups is 1. The van der Waals surface area contributed by atoms with Crippen molar-refractivity contribution in [2.24, 2.45) is 5.92 Å². The SMILES string of the molecule is O=C([C@@H]1CCCN(c2ccc3[nH]c(CCCCc4cccnc4)nc3n2)C1)N1CCCC1. The highest BCUT2D eigenvalue weighted by atomic mass is 16.2. The third-order valence-corrected chi connectivity index (χ3v) is 6.74. The summed E-state index contributed by atoms with van der Waals surface area (Å²) in [6.07, 6.45) is 12.2. The molecule has 0 bridgehead atoms. The number of unbranched alkanes of at least 4 members (excludes halogenated alkanes) is 1. The van der Waals surface area contributed by atoms with Crippen LogP contribution in [0.3, 0.4) is 0 Å². The van der Waals surface area contributed by atoms with E-state index in [1.165, 1.54) is 5.56 Å². The van der Waals surface area contributed by atoms with Crippen LogP contribution in [0.1, 0.15) is 49.9 Å². The predicted octanol–water partition coefficient (Wildman–Crippen LogP) is 3.76. The number of rotatable bonds is 7. The Hall–Kier alpha value is -2.96. The molecule has 168 valence electrons. The third-order valence-electron chi connectivity index (χ3n) is 6.74. The highest BCUT2D eigenvalue weighted by Crippen LogP contribution is 2.26. The highest BCUT2D eigenvalue weighted by molar-refractivity contribution is 5.80. The summed E-state index contributed by atoms with van der Waals surface area (Å²) in [6.45, 7) is 3.57. The van der Waals surface area contributed by atoms with Gasteiger partial charge in [-0.05, 0) is 68.7 Å². The largest absolute Gasteiger partial charge is 0.356 e. The van der Waals surface area contributed by atoms with E-state index in [2.05, 4.69) is 38.0 Å². The fourth-order valence-corrected chi connectivity index (χ4v) is 4.98. The first-order chi connectivity index (χ1) is 15.8. The molecule has 0 radical (unpaired) electrons. The fourth-order valence-electron chi connectivity index (χ4n) is 4.98. The molecule has 2 aliphatic heterocycles. The number of nitrogens with zero attached hydrogens (tertiary/aromatic N) is 5. The van der Waals surface area contributed by atoms with Crippen molar-refractivity contribution < 1.29 is 4.79 Å². The average Bonchev–Trinajstić information content (AvgIpc) is 3.51. The van der Waals surface area contributed by atoms with Crippen molar-refractivity contribution in [1.29, 1.82) is 0 Å². The van der Waals surface area contributed by atoms with E-state index < -0.39 is 0 Å². The molecule has 2 aliphatic rings. The van der Waals surface area contributed by atoms with Gasteiger partial charge in [0.25, 0.3) is 0 Å². The monoisotopic (exact) mass is 432 g/mol. The van der Waals surface area contributed by atoms with Gasteiger partial charge in [0.1, 0.15) is 11.6 Å². The van der Waals surface area contributed by atoms with Crippen molar-refractivity contribution >= 4 is 22.9 Å². The van der Waals surface area contributed by atoms with Crippen LogP contribution in [0.5, 0.6) is 0 Å². The molecule has 2 saturated heterocycles. The van der Waals surface area contributed by atoms with Gasteiger partial charge in [0.05, 0.1) is 11.4 Å². The normalized spacial score (nSPS) is 19.1. The minimum Gasteiger partial charge on any atom is -0.356 e. The number of hydrogen-bond donors (Lipinski definition) is 1. The Morgan fingerprint density at radius 1 is 1.03 bits per heavy atom. The minimum absolute atomic E-state index is 0.0916. The molecule has 0 aliphatic carbocycles. The van der Waals surface area contributed by atoms with E-state index in [9.17, 15) is 4.79 Å². The molecule has 7 heteroatoms. The Morgan fingerprint density at radius 2 is 1.91 bits per heavy atom. The second-order valence-corrected chi connectivity index (χ2v) is 9.11. The van der Waals surface area contributed by atoms with Gasteiger partial charge in [0.2, 0.25) is 5.91 Å². The van der Waals surface area contributed by atoms with Crippen LogP contribution in [0.4, 0.5) is 5.82 Å². The maximum absolute atomic E-state index is 12.9. The number of aromatic amines is 1. The quantitative estimate of drug-likeness (QED) is 0.575. The first kappa shape index (κ1) is 20.9. The van der Waals surface area contributed by atoms with Gasteiger partial charge in [-0.2, -0.15) is 0 Å². The average molecular weight is 433 g/mol. The van der Waals surface area contributed by atoms with Gasteiger partial charge in [-0.1, -0.05) is 6.07 Å². The molecule has 3 aromatic heterocycles. The topological polar surface area (TPSA) is 78.0 Å². The fraction of sp³-hybridized carbons (Fsp3) is 0.520. The Kier molecular flexibility index (Phi) is 6.32. The molecule has 1 atom stereocenters. The second-order valence-electron chi connectivity index (χ2n) is 9.11. The summed E-state index contributed by atoms with van der Waals surface area (Å²) in [6, 6.07) is 8.26. The van der Waals surface area contributed by atoms with Gasteiger partial charge >= 0.3 is 0 Å². The summed E-state index contributed by atoms with van der Waals surface area (Å²) in [4.78, 5) is 34.4. The Balaban J connectivity index is 1.19. The third kappa shape index (κ3) is 4.76. The standard InChI is InChI=1S/C25H32N6O/c32-25(30-14-3-4-15-30)20-9-6-16-31(18-20)23-12-11-21-24(29-23)28-22(27-21)10-2-1-7-19-8-5-13-26-17-19/h5,8,11-13,17,20H,1-4,6-7,9-10,14-16,18H2,(H,27,28,29)/t20-/m1/s1. The van der Waals surface area contributed by atoms with E-state index in [0.717, 1.165) is 100 Å². The number of amides is 1. The van der Waals surface area contributed by atoms with Crippen LogP contribution in [-0.2, 0) is 17.6 Å². The molecule has 0 aromatic carbocycles. The van der Waals surface area contributed by atoms with E-state index in [1.807, 2.05) is 18.5 Å². The highest BCUT2D eigenvalue weighted by Gasteiger charge is 2.31. The summed E-state index contributed by atoms with van der Waals surface area (Å²) < 4.78 is 0. The number of carbonyl (C=O) groups excluding carboxylic acids is 1. The van der Waals surface area contributed by atoms with Crippen LogP contribution in [0.2, 0.25) is 0 Å². The van der Waals surface area contributed by atoms with Crippen molar-refractivity contribution in [3.63, 3.8) is 0 Å². The Labute approximate surface area is 189 Å². The van der Waals surface area contributed by atoms with Crippen LogP contribution in [0.25, 0.3) is 11.2 Å². The smallest absolute Gasteiger partial charge is 0.227 e. The van der Waals surface area contributed by atoms with Crippen molar-refractivity contribution in [2.45, 2.75) is 51.4 Å². The Bertz CT molecular complexity index is 1040. The molecule has 1 amide bonds. The number of pyridine rings is 2. The van der Waals surface area contributed by atoms with Gasteiger partial charge in [-0.25, -0.2) is 9.97 Å². The van der Waals surface area contributed by atoms with E-state index in [-0.39, 0.29) is 5.92 Å². The first-order valence-electron chi connectivity index (χ1n) is 12.0. The summed E-state index contributed by atoms with van der Waals surface area (Å²) in [5.74, 6) is 2.36. The van der Waals surface area contributed by atoms with Crippen molar-refractivity contribution in [3.05, 3.63) is 48.0 Å². The van der Waals surface area contributed by atoms with Gasteiger partial charge in [-0.3, -0.25) is 9.78 Å². The molecule has 7 nitrogen and oxygen atoms in total. The maximum atomic E-state index is 12.9.